The number of carboxylic acid groups (broad SMARTS) is 1. The van der Waals surface area contributed by atoms with Gasteiger partial charge in [-0.05, 0) is 30.7 Å². The molecule has 0 saturated heterocycles. The summed E-state index contributed by atoms with van der Waals surface area (Å²) in [5.41, 5.74) is 1.22. The average molecular weight is 323 g/mol. The van der Waals surface area contributed by atoms with E-state index in [0.717, 1.165) is 5.69 Å². The molecule has 0 spiro atoms. The Bertz CT molecular complexity index is 946. The highest BCUT2D eigenvalue weighted by Gasteiger charge is 2.15. The molecule has 2 aromatic carbocycles. The van der Waals surface area contributed by atoms with Crippen molar-refractivity contribution in [3.05, 3.63) is 76.1 Å². The second-order valence-corrected chi connectivity index (χ2v) is 5.67. The number of hydrogen-bond acceptors (Lipinski definition) is 4. The largest absolute Gasteiger partial charge is 0.477 e. The first kappa shape index (κ1) is 15.8. The van der Waals surface area contributed by atoms with E-state index in [-0.39, 0.29) is 11.6 Å². The van der Waals surface area contributed by atoms with E-state index in [1.165, 1.54) is 11.6 Å². The Kier molecular flexibility index (Phi) is 4.08. The maximum atomic E-state index is 11.8. The highest BCUT2D eigenvalue weighted by Crippen LogP contribution is 2.28. The molecule has 1 N–H and O–H groups in total. The van der Waals surface area contributed by atoms with E-state index in [1.807, 2.05) is 31.3 Å². The number of carboxylic acids is 1. The molecule has 0 aliphatic rings. The van der Waals surface area contributed by atoms with Crippen molar-refractivity contribution in [2.24, 2.45) is 0 Å². The van der Waals surface area contributed by atoms with Crippen molar-refractivity contribution < 1.29 is 14.3 Å². The van der Waals surface area contributed by atoms with Crippen molar-refractivity contribution in [3.63, 3.8) is 0 Å². The smallest absolute Gasteiger partial charge is 0.351 e. The Morgan fingerprint density at radius 3 is 2.50 bits per heavy atom. The number of benzene rings is 2. The molecule has 122 valence electrons. The van der Waals surface area contributed by atoms with Gasteiger partial charge in [-0.15, -0.1) is 0 Å². The molecule has 5 heteroatoms. The summed E-state index contributed by atoms with van der Waals surface area (Å²) in [6.07, 6.45) is 0. The lowest BCUT2D eigenvalue weighted by molar-refractivity contribution is 0.0692. The van der Waals surface area contributed by atoms with Gasteiger partial charge in [-0.25, -0.2) is 9.59 Å². The number of rotatable bonds is 4. The van der Waals surface area contributed by atoms with E-state index in [9.17, 15) is 9.59 Å². The number of hydrogen-bond donors (Lipinski definition) is 1. The third-order valence-electron chi connectivity index (χ3n) is 4.22. The number of aromatic carboxylic acids is 1. The van der Waals surface area contributed by atoms with Crippen molar-refractivity contribution in [3.8, 4) is 0 Å². The van der Waals surface area contributed by atoms with E-state index >= 15 is 0 Å². The van der Waals surface area contributed by atoms with Crippen LogP contribution < -0.4 is 10.5 Å². The van der Waals surface area contributed by atoms with Crippen molar-refractivity contribution in [2.75, 3.05) is 11.9 Å². The second kappa shape index (κ2) is 6.20. The van der Waals surface area contributed by atoms with Crippen molar-refractivity contribution in [1.29, 1.82) is 0 Å². The topological polar surface area (TPSA) is 70.8 Å². The van der Waals surface area contributed by atoms with Crippen LogP contribution in [0.15, 0.2) is 63.8 Å². The Hall–Kier alpha value is -3.08. The van der Waals surface area contributed by atoms with Crippen LogP contribution in [-0.4, -0.2) is 18.1 Å². The van der Waals surface area contributed by atoms with Gasteiger partial charge in [0.2, 0.25) is 0 Å². The maximum absolute atomic E-state index is 11.8. The number of carbonyl (C=O) groups is 1. The normalized spacial score (nSPS) is 12.1. The molecule has 24 heavy (non-hydrogen) atoms. The molecule has 1 heterocycles. The fourth-order valence-corrected chi connectivity index (χ4v) is 2.65. The van der Waals surface area contributed by atoms with E-state index < -0.39 is 11.6 Å². The molecule has 1 unspecified atom stereocenters. The zero-order chi connectivity index (χ0) is 17.3. The first-order valence-electron chi connectivity index (χ1n) is 7.56. The van der Waals surface area contributed by atoms with Crippen LogP contribution in [0.2, 0.25) is 0 Å². The number of anilines is 1. The predicted octanol–water partition coefficient (Wildman–Crippen LogP) is 3.69. The Balaban J connectivity index is 2.00. The SMILES string of the molecule is CC(c1ccccc1)N(C)c1ccc2cc(C(=O)O)c(=O)oc2c1. The Labute approximate surface area is 138 Å². The Morgan fingerprint density at radius 1 is 1.12 bits per heavy atom. The van der Waals surface area contributed by atoms with Crippen molar-refractivity contribution in [2.45, 2.75) is 13.0 Å². The molecule has 0 bridgehead atoms. The molecule has 3 rings (SSSR count). The maximum Gasteiger partial charge on any atom is 0.351 e. The van der Waals surface area contributed by atoms with Gasteiger partial charge in [-0.3, -0.25) is 0 Å². The molecule has 0 aliphatic carbocycles. The molecule has 0 aliphatic heterocycles. The van der Waals surface area contributed by atoms with Crippen LogP contribution in [0.25, 0.3) is 11.0 Å². The van der Waals surface area contributed by atoms with Crippen LogP contribution in [0, 0.1) is 0 Å². The minimum absolute atomic E-state index is 0.133. The molecular weight excluding hydrogens is 306 g/mol. The monoisotopic (exact) mass is 323 g/mol. The van der Waals surface area contributed by atoms with Gasteiger partial charge >= 0.3 is 11.6 Å². The minimum atomic E-state index is -1.29. The van der Waals surface area contributed by atoms with Crippen LogP contribution in [0.4, 0.5) is 5.69 Å². The summed E-state index contributed by atoms with van der Waals surface area (Å²) in [6, 6.07) is 16.9. The molecule has 3 aromatic rings. The zero-order valence-corrected chi connectivity index (χ0v) is 13.4. The first-order chi connectivity index (χ1) is 11.5. The minimum Gasteiger partial charge on any atom is -0.477 e. The lowest BCUT2D eigenvalue weighted by Crippen LogP contribution is -2.21. The lowest BCUT2D eigenvalue weighted by Gasteiger charge is -2.27. The molecule has 1 atom stereocenters. The zero-order valence-electron chi connectivity index (χ0n) is 13.4. The first-order valence-corrected chi connectivity index (χ1v) is 7.56. The summed E-state index contributed by atoms with van der Waals surface area (Å²) in [5, 5.41) is 9.58. The summed E-state index contributed by atoms with van der Waals surface area (Å²) in [6.45, 7) is 2.09. The summed E-state index contributed by atoms with van der Waals surface area (Å²) < 4.78 is 5.17. The summed E-state index contributed by atoms with van der Waals surface area (Å²) in [7, 11) is 1.96. The summed E-state index contributed by atoms with van der Waals surface area (Å²) >= 11 is 0. The van der Waals surface area contributed by atoms with Crippen LogP contribution in [0.5, 0.6) is 0 Å². The molecule has 5 nitrogen and oxygen atoms in total. The quantitative estimate of drug-likeness (QED) is 0.742. The fourth-order valence-electron chi connectivity index (χ4n) is 2.65. The number of fused-ring (bicyclic) bond motifs is 1. The Morgan fingerprint density at radius 2 is 1.83 bits per heavy atom. The van der Waals surface area contributed by atoms with Crippen molar-refractivity contribution >= 4 is 22.6 Å². The van der Waals surface area contributed by atoms with Crippen LogP contribution in [0.3, 0.4) is 0 Å². The average Bonchev–Trinajstić information content (AvgIpc) is 2.59. The van der Waals surface area contributed by atoms with Gasteiger partial charge in [0.1, 0.15) is 11.1 Å². The van der Waals surface area contributed by atoms with Crippen LogP contribution in [-0.2, 0) is 0 Å². The standard InChI is InChI=1S/C19H17NO4/c1-12(13-6-4-3-5-7-13)20(2)15-9-8-14-10-16(18(21)22)19(23)24-17(14)11-15/h3-12H,1-2H3,(H,21,22). The van der Waals surface area contributed by atoms with Crippen LogP contribution >= 0.6 is 0 Å². The fraction of sp³-hybridized carbons (Fsp3) is 0.158. The third kappa shape index (κ3) is 2.88. The van der Waals surface area contributed by atoms with Gasteiger partial charge in [0.05, 0.1) is 6.04 Å². The highest BCUT2D eigenvalue weighted by atomic mass is 16.4. The molecule has 0 amide bonds. The molecule has 0 saturated carbocycles. The van der Waals surface area contributed by atoms with E-state index in [1.54, 1.807) is 12.1 Å². The van der Waals surface area contributed by atoms with Gasteiger partial charge in [-0.2, -0.15) is 0 Å². The van der Waals surface area contributed by atoms with Gasteiger partial charge in [-0.1, -0.05) is 30.3 Å². The van der Waals surface area contributed by atoms with Crippen molar-refractivity contribution in [1.82, 2.24) is 0 Å². The van der Waals surface area contributed by atoms with E-state index in [4.69, 9.17) is 9.52 Å². The summed E-state index contributed by atoms with van der Waals surface area (Å²) in [4.78, 5) is 24.8. The molecular formula is C19H17NO4. The van der Waals surface area contributed by atoms with Gasteiger partial charge in [0.15, 0.2) is 0 Å². The third-order valence-corrected chi connectivity index (χ3v) is 4.22. The molecule has 0 radical (unpaired) electrons. The van der Waals surface area contributed by atoms with Gasteiger partial charge in [0.25, 0.3) is 0 Å². The van der Waals surface area contributed by atoms with Gasteiger partial charge < -0.3 is 14.4 Å². The van der Waals surface area contributed by atoms with E-state index in [2.05, 4.69) is 24.0 Å². The number of nitrogens with zero attached hydrogens (tertiary/aromatic N) is 1. The second-order valence-electron chi connectivity index (χ2n) is 5.67. The lowest BCUT2D eigenvalue weighted by atomic mass is 10.1. The van der Waals surface area contributed by atoms with Crippen LogP contribution in [0.1, 0.15) is 28.9 Å². The molecule has 1 aromatic heterocycles. The highest BCUT2D eigenvalue weighted by molar-refractivity contribution is 5.92. The van der Waals surface area contributed by atoms with Gasteiger partial charge in [0, 0.05) is 24.2 Å². The van der Waals surface area contributed by atoms with E-state index in [0.29, 0.717) is 11.0 Å². The molecule has 0 fully saturated rings. The summed E-state index contributed by atoms with van der Waals surface area (Å²) in [5.74, 6) is -1.29. The predicted molar refractivity (Wildman–Crippen MR) is 92.7 cm³/mol.